The first kappa shape index (κ1) is 16.2. The Hall–Kier alpha value is -3.29. The van der Waals surface area contributed by atoms with Crippen LogP contribution in [0.5, 0.6) is 0 Å². The Morgan fingerprint density at radius 1 is 1.08 bits per heavy atom. The predicted molar refractivity (Wildman–Crippen MR) is 93.3 cm³/mol. The van der Waals surface area contributed by atoms with Gasteiger partial charge in [0.2, 0.25) is 5.91 Å². The number of nitrogens with zero attached hydrogens (tertiary/aromatic N) is 2. The third-order valence-corrected chi connectivity index (χ3v) is 4.46. The largest absolute Gasteiger partial charge is 0.459 e. The molecule has 3 heterocycles. The zero-order chi connectivity index (χ0) is 17.9. The monoisotopic (exact) mass is 354 g/mol. The van der Waals surface area contributed by atoms with Gasteiger partial charge in [0.1, 0.15) is 5.52 Å². The van der Waals surface area contributed by atoms with E-state index in [-0.39, 0.29) is 17.6 Å². The fourth-order valence-electron chi connectivity index (χ4n) is 3.02. The van der Waals surface area contributed by atoms with Crippen LogP contribution in [0.1, 0.15) is 23.4 Å². The van der Waals surface area contributed by atoms with E-state index in [1.165, 1.54) is 12.3 Å². The van der Waals surface area contributed by atoms with Crippen LogP contribution in [0.25, 0.3) is 11.1 Å². The van der Waals surface area contributed by atoms with E-state index in [0.717, 1.165) is 11.1 Å². The van der Waals surface area contributed by atoms with Crippen molar-refractivity contribution in [1.29, 1.82) is 0 Å². The maximum atomic E-state index is 12.2. The Labute approximate surface area is 149 Å². The molecule has 1 saturated heterocycles. The predicted octanol–water partition coefficient (Wildman–Crippen LogP) is 2.10. The first-order valence-corrected chi connectivity index (χ1v) is 8.45. The average molecular weight is 354 g/mol. The number of fused-ring (bicyclic) bond motifs is 1. The number of nitrogens with one attached hydrogen (secondary N) is 2. The summed E-state index contributed by atoms with van der Waals surface area (Å²) in [6, 6.07) is 11.3. The van der Waals surface area contributed by atoms with Gasteiger partial charge in [-0.15, -0.1) is 0 Å². The first-order chi connectivity index (χ1) is 12.7. The van der Waals surface area contributed by atoms with E-state index in [9.17, 15) is 9.59 Å². The van der Waals surface area contributed by atoms with Crippen molar-refractivity contribution in [3.63, 3.8) is 0 Å². The highest BCUT2D eigenvalue weighted by Crippen LogP contribution is 2.26. The smallest absolute Gasteiger partial charge is 0.305 e. The van der Waals surface area contributed by atoms with Gasteiger partial charge in [-0.1, -0.05) is 12.1 Å². The lowest BCUT2D eigenvalue weighted by atomic mass is 9.96. The number of piperidine rings is 1. The summed E-state index contributed by atoms with van der Waals surface area (Å²) >= 11 is 0. The molecule has 0 aliphatic carbocycles. The molecule has 0 bridgehead atoms. The summed E-state index contributed by atoms with van der Waals surface area (Å²) in [4.78, 5) is 30.5. The summed E-state index contributed by atoms with van der Waals surface area (Å²) in [6.07, 6.45) is 2.71. The number of furan rings is 1. The van der Waals surface area contributed by atoms with Gasteiger partial charge in [-0.2, -0.15) is 4.98 Å². The van der Waals surface area contributed by atoms with Gasteiger partial charge >= 0.3 is 5.91 Å². The molecule has 26 heavy (non-hydrogen) atoms. The molecule has 134 valence electrons. The van der Waals surface area contributed by atoms with Crippen molar-refractivity contribution in [2.75, 3.05) is 18.0 Å². The van der Waals surface area contributed by atoms with Gasteiger partial charge < -0.3 is 13.7 Å². The van der Waals surface area contributed by atoms with Crippen molar-refractivity contribution in [2.45, 2.75) is 12.8 Å². The van der Waals surface area contributed by atoms with Crippen molar-refractivity contribution in [2.24, 2.45) is 5.92 Å². The van der Waals surface area contributed by atoms with Gasteiger partial charge in [-0.25, -0.2) is 0 Å². The number of hydrogen-bond donors (Lipinski definition) is 2. The molecule has 0 unspecified atom stereocenters. The number of anilines is 1. The van der Waals surface area contributed by atoms with E-state index in [1.807, 2.05) is 29.2 Å². The fourth-order valence-corrected chi connectivity index (χ4v) is 3.02. The minimum atomic E-state index is -0.479. The molecule has 8 heteroatoms. The quantitative estimate of drug-likeness (QED) is 0.699. The van der Waals surface area contributed by atoms with Crippen LogP contribution in [0.3, 0.4) is 0 Å². The van der Waals surface area contributed by atoms with E-state index < -0.39 is 5.91 Å². The molecular formula is C18H18N4O4. The number of carbonyl (C=O) groups excluding carboxylic acids is 2. The Balaban J connectivity index is 1.30. The van der Waals surface area contributed by atoms with Crippen LogP contribution >= 0.6 is 0 Å². The zero-order valence-corrected chi connectivity index (χ0v) is 14.0. The van der Waals surface area contributed by atoms with E-state index >= 15 is 0 Å². The van der Waals surface area contributed by atoms with Crippen LogP contribution in [-0.2, 0) is 4.79 Å². The summed E-state index contributed by atoms with van der Waals surface area (Å²) in [5.41, 5.74) is 6.40. The number of aromatic nitrogens is 1. The number of hydrogen-bond acceptors (Lipinski definition) is 6. The molecule has 8 nitrogen and oxygen atoms in total. The third kappa shape index (κ3) is 3.26. The van der Waals surface area contributed by atoms with Crippen LogP contribution in [0.2, 0.25) is 0 Å². The van der Waals surface area contributed by atoms with Gasteiger partial charge in [0, 0.05) is 19.0 Å². The van der Waals surface area contributed by atoms with Crippen LogP contribution in [0, 0.1) is 5.92 Å². The molecule has 2 aromatic heterocycles. The van der Waals surface area contributed by atoms with Crippen molar-refractivity contribution in [1.82, 2.24) is 15.8 Å². The summed E-state index contributed by atoms with van der Waals surface area (Å²) < 4.78 is 10.7. The molecule has 0 spiro atoms. The standard InChI is InChI=1S/C18H18N4O4/c23-16(20-21-17(24)15-6-3-11-25-15)12-7-9-22(10-8-12)18-19-13-4-1-2-5-14(13)26-18/h1-6,11-12H,7-10H2,(H,20,23)(H,21,24). The molecule has 1 aromatic carbocycles. The summed E-state index contributed by atoms with van der Waals surface area (Å²) in [7, 11) is 0. The molecule has 0 radical (unpaired) electrons. The van der Waals surface area contributed by atoms with Gasteiger partial charge in [-0.05, 0) is 37.1 Å². The highest BCUT2D eigenvalue weighted by Gasteiger charge is 2.27. The van der Waals surface area contributed by atoms with Crippen molar-refractivity contribution < 1.29 is 18.4 Å². The maximum Gasteiger partial charge on any atom is 0.305 e. The summed E-state index contributed by atoms with van der Waals surface area (Å²) in [5.74, 6) is -0.710. The first-order valence-electron chi connectivity index (χ1n) is 8.45. The topological polar surface area (TPSA) is 101 Å². The molecule has 4 rings (SSSR count). The fraction of sp³-hybridized carbons (Fsp3) is 0.278. The Bertz CT molecular complexity index is 877. The normalized spacial score (nSPS) is 15.2. The van der Waals surface area contributed by atoms with E-state index in [4.69, 9.17) is 8.83 Å². The summed E-state index contributed by atoms with van der Waals surface area (Å²) in [6.45, 7) is 1.33. The number of hydrazine groups is 1. The third-order valence-electron chi connectivity index (χ3n) is 4.46. The Kier molecular flexibility index (Phi) is 4.30. The van der Waals surface area contributed by atoms with Crippen LogP contribution in [0.4, 0.5) is 6.01 Å². The lowest BCUT2D eigenvalue weighted by Gasteiger charge is -2.30. The van der Waals surface area contributed by atoms with E-state index in [0.29, 0.717) is 31.9 Å². The number of para-hydroxylation sites is 2. The second-order valence-electron chi connectivity index (χ2n) is 6.15. The molecule has 0 atom stereocenters. The zero-order valence-electron chi connectivity index (χ0n) is 14.0. The van der Waals surface area contributed by atoms with Gasteiger partial charge in [0.25, 0.3) is 6.01 Å². The molecule has 2 amide bonds. The van der Waals surface area contributed by atoms with Crippen molar-refractivity contribution in [3.05, 3.63) is 48.4 Å². The van der Waals surface area contributed by atoms with Crippen molar-refractivity contribution >= 4 is 28.9 Å². The average Bonchev–Trinajstić information content (AvgIpc) is 3.35. The van der Waals surface area contributed by atoms with Crippen LogP contribution in [0.15, 0.2) is 51.5 Å². The molecule has 0 saturated carbocycles. The van der Waals surface area contributed by atoms with Gasteiger partial charge in [0.15, 0.2) is 11.3 Å². The Morgan fingerprint density at radius 2 is 1.88 bits per heavy atom. The van der Waals surface area contributed by atoms with E-state index in [1.54, 1.807) is 6.07 Å². The molecule has 2 N–H and O–H groups in total. The maximum absolute atomic E-state index is 12.2. The van der Waals surface area contributed by atoms with Gasteiger partial charge in [0.05, 0.1) is 6.26 Å². The minimum absolute atomic E-state index is 0.149. The lowest BCUT2D eigenvalue weighted by Crippen LogP contribution is -2.47. The van der Waals surface area contributed by atoms with Gasteiger partial charge in [-0.3, -0.25) is 20.4 Å². The summed E-state index contributed by atoms with van der Waals surface area (Å²) in [5, 5.41) is 0. The number of benzene rings is 1. The molecule has 1 aliphatic heterocycles. The molecule has 1 aliphatic rings. The van der Waals surface area contributed by atoms with Crippen LogP contribution < -0.4 is 15.8 Å². The molecule has 1 fully saturated rings. The number of rotatable bonds is 3. The minimum Gasteiger partial charge on any atom is -0.459 e. The highest BCUT2D eigenvalue weighted by molar-refractivity contribution is 5.93. The van der Waals surface area contributed by atoms with E-state index in [2.05, 4.69) is 15.8 Å². The highest BCUT2D eigenvalue weighted by atomic mass is 16.4. The number of carbonyl (C=O) groups is 2. The van der Waals surface area contributed by atoms with Crippen molar-refractivity contribution in [3.8, 4) is 0 Å². The van der Waals surface area contributed by atoms with Crippen LogP contribution in [-0.4, -0.2) is 29.9 Å². The second-order valence-corrected chi connectivity index (χ2v) is 6.15. The second kappa shape index (κ2) is 6.91. The number of oxazole rings is 1. The SMILES string of the molecule is O=C(NNC(=O)C1CCN(c2nc3ccccc3o2)CC1)c1ccco1. The molecular weight excluding hydrogens is 336 g/mol. The number of amides is 2. The lowest BCUT2D eigenvalue weighted by molar-refractivity contribution is -0.126. The Morgan fingerprint density at radius 3 is 2.62 bits per heavy atom. The molecule has 3 aromatic rings.